The van der Waals surface area contributed by atoms with E-state index in [0.717, 1.165) is 5.92 Å². The number of halogens is 1. The van der Waals surface area contributed by atoms with Crippen LogP contribution in [-0.4, -0.2) is 4.98 Å². The van der Waals surface area contributed by atoms with Gasteiger partial charge in [-0.2, -0.15) is 0 Å². The average molecular weight is 230 g/mol. The van der Waals surface area contributed by atoms with Crippen LogP contribution in [0.4, 0.5) is 0 Å². The lowest BCUT2D eigenvalue weighted by atomic mass is 9.83. The SMILES string of the molecule is CC1CCCC(c2ncc(CCl)s2)C1. The summed E-state index contributed by atoms with van der Waals surface area (Å²) in [6, 6.07) is 0. The van der Waals surface area contributed by atoms with Crippen LogP contribution >= 0.6 is 22.9 Å². The van der Waals surface area contributed by atoms with Crippen molar-refractivity contribution >= 4 is 22.9 Å². The van der Waals surface area contributed by atoms with E-state index in [-0.39, 0.29) is 0 Å². The van der Waals surface area contributed by atoms with Gasteiger partial charge in [-0.05, 0) is 18.8 Å². The number of thiazole rings is 1. The Morgan fingerprint density at radius 3 is 3.07 bits per heavy atom. The van der Waals surface area contributed by atoms with Crippen molar-refractivity contribution in [1.82, 2.24) is 4.98 Å². The van der Waals surface area contributed by atoms with E-state index < -0.39 is 0 Å². The molecule has 1 aromatic rings. The third kappa shape index (κ3) is 2.29. The zero-order valence-corrected chi connectivity index (χ0v) is 10.1. The zero-order valence-electron chi connectivity index (χ0n) is 8.50. The molecule has 14 heavy (non-hydrogen) atoms. The molecule has 0 bridgehead atoms. The van der Waals surface area contributed by atoms with Crippen LogP contribution in [0.2, 0.25) is 0 Å². The standard InChI is InChI=1S/C11H16ClNS/c1-8-3-2-4-9(5-8)11-13-7-10(6-12)14-11/h7-9H,2-6H2,1H3. The Balaban J connectivity index is 2.06. The minimum Gasteiger partial charge on any atom is -0.249 e. The molecule has 0 radical (unpaired) electrons. The molecule has 1 fully saturated rings. The Morgan fingerprint density at radius 2 is 2.43 bits per heavy atom. The third-order valence-corrected chi connectivity index (χ3v) is 4.60. The molecule has 0 aromatic carbocycles. The third-order valence-electron chi connectivity index (χ3n) is 2.99. The summed E-state index contributed by atoms with van der Waals surface area (Å²) >= 11 is 7.58. The van der Waals surface area contributed by atoms with Gasteiger partial charge in [0.25, 0.3) is 0 Å². The van der Waals surface area contributed by atoms with Crippen LogP contribution in [0.1, 0.15) is 48.4 Å². The van der Waals surface area contributed by atoms with E-state index in [4.69, 9.17) is 11.6 Å². The van der Waals surface area contributed by atoms with Crippen LogP contribution in [-0.2, 0) is 5.88 Å². The van der Waals surface area contributed by atoms with Gasteiger partial charge in [0, 0.05) is 17.0 Å². The van der Waals surface area contributed by atoms with Crippen LogP contribution in [0.5, 0.6) is 0 Å². The Hall–Kier alpha value is -0.0800. The predicted molar refractivity (Wildman–Crippen MR) is 62.0 cm³/mol. The number of hydrogen-bond acceptors (Lipinski definition) is 2. The number of aromatic nitrogens is 1. The monoisotopic (exact) mass is 229 g/mol. The quantitative estimate of drug-likeness (QED) is 0.694. The van der Waals surface area contributed by atoms with E-state index in [1.54, 1.807) is 11.3 Å². The first-order valence-electron chi connectivity index (χ1n) is 5.30. The van der Waals surface area contributed by atoms with Gasteiger partial charge in [-0.25, -0.2) is 4.98 Å². The minimum absolute atomic E-state index is 0.611. The molecule has 0 N–H and O–H groups in total. The van der Waals surface area contributed by atoms with Gasteiger partial charge in [0.05, 0.1) is 10.9 Å². The fourth-order valence-corrected chi connectivity index (χ4v) is 3.38. The first-order valence-corrected chi connectivity index (χ1v) is 6.65. The molecule has 1 heterocycles. The molecule has 1 aliphatic rings. The van der Waals surface area contributed by atoms with Crippen LogP contribution in [0, 0.1) is 5.92 Å². The van der Waals surface area contributed by atoms with Gasteiger partial charge in [0.2, 0.25) is 0 Å². The molecule has 0 saturated heterocycles. The molecule has 1 aliphatic carbocycles. The van der Waals surface area contributed by atoms with E-state index >= 15 is 0 Å². The molecule has 0 spiro atoms. The Labute approximate surface area is 94.5 Å². The summed E-state index contributed by atoms with van der Waals surface area (Å²) in [4.78, 5) is 5.69. The van der Waals surface area contributed by atoms with Crippen molar-refractivity contribution in [3.63, 3.8) is 0 Å². The molecule has 1 aromatic heterocycles. The van der Waals surface area contributed by atoms with Gasteiger partial charge in [-0.15, -0.1) is 22.9 Å². The average Bonchev–Trinajstić information content (AvgIpc) is 2.66. The maximum atomic E-state index is 5.78. The largest absolute Gasteiger partial charge is 0.249 e. The van der Waals surface area contributed by atoms with E-state index in [0.29, 0.717) is 11.8 Å². The number of nitrogens with zero attached hydrogens (tertiary/aromatic N) is 1. The number of hydrogen-bond donors (Lipinski definition) is 0. The second-order valence-corrected chi connectivity index (χ2v) is 5.68. The van der Waals surface area contributed by atoms with Crippen molar-refractivity contribution in [2.45, 2.75) is 44.4 Å². The summed E-state index contributed by atoms with van der Waals surface area (Å²) in [5, 5.41) is 1.31. The van der Waals surface area contributed by atoms with E-state index in [9.17, 15) is 0 Å². The predicted octanol–water partition coefficient (Wildman–Crippen LogP) is 4.18. The molecule has 78 valence electrons. The van der Waals surface area contributed by atoms with Gasteiger partial charge in [0.15, 0.2) is 0 Å². The first kappa shape index (κ1) is 10.4. The highest BCUT2D eigenvalue weighted by Crippen LogP contribution is 2.37. The molecule has 2 atom stereocenters. The fourth-order valence-electron chi connectivity index (χ4n) is 2.23. The molecule has 3 heteroatoms. The lowest BCUT2D eigenvalue weighted by Crippen LogP contribution is -2.11. The maximum absolute atomic E-state index is 5.78. The molecule has 0 aliphatic heterocycles. The van der Waals surface area contributed by atoms with E-state index in [2.05, 4.69) is 11.9 Å². The minimum atomic E-state index is 0.611. The van der Waals surface area contributed by atoms with Crippen LogP contribution < -0.4 is 0 Å². The van der Waals surface area contributed by atoms with Crippen LogP contribution in [0.25, 0.3) is 0 Å². The molecule has 1 saturated carbocycles. The highest BCUT2D eigenvalue weighted by Gasteiger charge is 2.22. The van der Waals surface area contributed by atoms with Crippen molar-refractivity contribution in [1.29, 1.82) is 0 Å². The molecular weight excluding hydrogens is 214 g/mol. The van der Waals surface area contributed by atoms with Gasteiger partial charge >= 0.3 is 0 Å². The lowest BCUT2D eigenvalue weighted by Gasteiger charge is -2.24. The number of rotatable bonds is 2. The van der Waals surface area contributed by atoms with Gasteiger partial charge < -0.3 is 0 Å². The van der Waals surface area contributed by atoms with Crippen molar-refractivity contribution in [3.05, 3.63) is 16.1 Å². The second-order valence-electron chi connectivity index (χ2n) is 4.27. The van der Waals surface area contributed by atoms with E-state index in [1.807, 2.05) is 6.20 Å². The highest BCUT2D eigenvalue weighted by atomic mass is 35.5. The summed E-state index contributed by atoms with van der Waals surface area (Å²) in [5.74, 6) is 2.19. The first-order chi connectivity index (χ1) is 6.79. The Kier molecular flexibility index (Phi) is 3.45. The Bertz CT molecular complexity index is 297. The molecule has 2 unspecified atom stereocenters. The smallest absolute Gasteiger partial charge is 0.0959 e. The van der Waals surface area contributed by atoms with Crippen molar-refractivity contribution in [2.24, 2.45) is 5.92 Å². The van der Waals surface area contributed by atoms with Gasteiger partial charge in [0.1, 0.15) is 0 Å². The topological polar surface area (TPSA) is 12.9 Å². The van der Waals surface area contributed by atoms with Crippen molar-refractivity contribution in [2.75, 3.05) is 0 Å². The molecule has 2 rings (SSSR count). The fraction of sp³-hybridized carbons (Fsp3) is 0.727. The van der Waals surface area contributed by atoms with E-state index in [1.165, 1.54) is 35.6 Å². The summed E-state index contributed by atoms with van der Waals surface area (Å²) in [6.45, 7) is 2.35. The van der Waals surface area contributed by atoms with Crippen LogP contribution in [0.3, 0.4) is 0 Å². The summed E-state index contributed by atoms with van der Waals surface area (Å²) in [7, 11) is 0. The highest BCUT2D eigenvalue weighted by molar-refractivity contribution is 7.11. The summed E-state index contributed by atoms with van der Waals surface area (Å²) in [5.41, 5.74) is 0. The van der Waals surface area contributed by atoms with Crippen LogP contribution in [0.15, 0.2) is 6.20 Å². The molecular formula is C11H16ClNS. The zero-order chi connectivity index (χ0) is 9.97. The summed E-state index contributed by atoms with van der Waals surface area (Å²) in [6.07, 6.45) is 7.33. The maximum Gasteiger partial charge on any atom is 0.0959 e. The van der Waals surface area contributed by atoms with Crippen molar-refractivity contribution < 1.29 is 0 Å². The summed E-state index contributed by atoms with van der Waals surface area (Å²) < 4.78 is 0. The Morgan fingerprint density at radius 1 is 1.57 bits per heavy atom. The number of alkyl halides is 1. The van der Waals surface area contributed by atoms with Crippen molar-refractivity contribution in [3.8, 4) is 0 Å². The molecule has 1 nitrogen and oxygen atoms in total. The second kappa shape index (κ2) is 4.63. The molecule has 0 amide bonds. The van der Waals surface area contributed by atoms with Gasteiger partial charge in [-0.1, -0.05) is 19.8 Å². The lowest BCUT2D eigenvalue weighted by molar-refractivity contribution is 0.343. The van der Waals surface area contributed by atoms with Gasteiger partial charge in [-0.3, -0.25) is 0 Å². The normalized spacial score (nSPS) is 27.9.